The first-order valence-electron chi connectivity index (χ1n) is 6.26. The number of hydrogen-bond donors (Lipinski definition) is 0. The molecule has 18 heavy (non-hydrogen) atoms. The molecule has 0 N–H and O–H groups in total. The number of anilines is 1. The van der Waals surface area contributed by atoms with Crippen molar-refractivity contribution in [1.29, 1.82) is 0 Å². The summed E-state index contributed by atoms with van der Waals surface area (Å²) in [5.41, 5.74) is 0.985. The van der Waals surface area contributed by atoms with Crippen LogP contribution >= 0.6 is 11.6 Å². The molecule has 0 spiro atoms. The molecule has 1 heterocycles. The van der Waals surface area contributed by atoms with Gasteiger partial charge < -0.3 is 4.90 Å². The number of fused-ring (bicyclic) bond motifs is 1. The second-order valence-electron chi connectivity index (χ2n) is 4.54. The van der Waals surface area contributed by atoms with Crippen LogP contribution in [-0.2, 0) is 0 Å². The van der Waals surface area contributed by atoms with E-state index in [4.69, 9.17) is 11.6 Å². The average Bonchev–Trinajstić information content (AvgIpc) is 2.39. The fourth-order valence-corrected chi connectivity index (χ4v) is 2.18. The van der Waals surface area contributed by atoms with Gasteiger partial charge >= 0.3 is 0 Å². The highest BCUT2D eigenvalue weighted by molar-refractivity contribution is 6.17. The molecule has 0 atom stereocenters. The van der Waals surface area contributed by atoms with Crippen LogP contribution in [0, 0.1) is 0 Å². The number of benzene rings is 1. The molecule has 1 aromatic heterocycles. The van der Waals surface area contributed by atoms with Gasteiger partial charge in [-0.25, -0.2) is 9.97 Å². The van der Waals surface area contributed by atoms with Crippen molar-refractivity contribution in [2.75, 3.05) is 17.3 Å². The summed E-state index contributed by atoms with van der Waals surface area (Å²) in [6.45, 7) is 5.26. The quantitative estimate of drug-likeness (QED) is 0.774. The highest BCUT2D eigenvalue weighted by Crippen LogP contribution is 2.24. The lowest BCUT2D eigenvalue weighted by Crippen LogP contribution is -2.32. The molecule has 0 fully saturated rings. The highest BCUT2D eigenvalue weighted by atomic mass is 35.5. The van der Waals surface area contributed by atoms with Crippen LogP contribution in [0.5, 0.6) is 0 Å². The van der Waals surface area contributed by atoms with Crippen molar-refractivity contribution >= 4 is 28.3 Å². The second-order valence-corrected chi connectivity index (χ2v) is 4.92. The third kappa shape index (κ3) is 2.72. The molecular formula is C14H18ClN3. The number of rotatable bonds is 5. The van der Waals surface area contributed by atoms with E-state index in [1.165, 1.54) is 0 Å². The van der Waals surface area contributed by atoms with Crippen LogP contribution in [0.1, 0.15) is 20.3 Å². The van der Waals surface area contributed by atoms with E-state index in [0.717, 1.165) is 29.7 Å². The molecule has 0 aliphatic carbocycles. The minimum atomic E-state index is 0.395. The van der Waals surface area contributed by atoms with Crippen molar-refractivity contribution in [3.63, 3.8) is 0 Å². The second kappa shape index (κ2) is 6.01. The predicted molar refractivity (Wildman–Crippen MR) is 77.4 cm³/mol. The summed E-state index contributed by atoms with van der Waals surface area (Å²) in [7, 11) is 0. The Morgan fingerprint density at radius 3 is 2.72 bits per heavy atom. The van der Waals surface area contributed by atoms with Gasteiger partial charge in [-0.15, -0.1) is 11.6 Å². The Bertz CT molecular complexity index is 508. The molecular weight excluding hydrogens is 246 g/mol. The molecule has 0 amide bonds. The Morgan fingerprint density at radius 1 is 1.22 bits per heavy atom. The molecule has 0 aliphatic rings. The van der Waals surface area contributed by atoms with Gasteiger partial charge in [0.1, 0.15) is 12.1 Å². The van der Waals surface area contributed by atoms with Crippen molar-refractivity contribution in [1.82, 2.24) is 9.97 Å². The fourth-order valence-electron chi connectivity index (χ4n) is 2.06. The SMILES string of the molecule is CC(C)N(CCCCl)c1ncnc2ccccc12. The summed E-state index contributed by atoms with van der Waals surface area (Å²) in [4.78, 5) is 11.0. The molecule has 0 bridgehead atoms. The number of para-hydroxylation sites is 1. The molecule has 3 nitrogen and oxygen atoms in total. The van der Waals surface area contributed by atoms with E-state index in [2.05, 4.69) is 34.8 Å². The first kappa shape index (κ1) is 13.1. The number of aromatic nitrogens is 2. The molecule has 1 aromatic carbocycles. The summed E-state index contributed by atoms with van der Waals surface area (Å²) in [5, 5.41) is 1.10. The fraction of sp³-hybridized carbons (Fsp3) is 0.429. The summed E-state index contributed by atoms with van der Waals surface area (Å²) < 4.78 is 0. The third-order valence-electron chi connectivity index (χ3n) is 2.95. The number of nitrogens with zero attached hydrogens (tertiary/aromatic N) is 3. The normalized spacial score (nSPS) is 11.1. The van der Waals surface area contributed by atoms with Crippen LogP contribution < -0.4 is 4.90 Å². The lowest BCUT2D eigenvalue weighted by molar-refractivity contribution is 0.665. The molecule has 0 unspecified atom stereocenters. The maximum atomic E-state index is 5.80. The van der Waals surface area contributed by atoms with Gasteiger partial charge in [0.15, 0.2) is 0 Å². The first-order valence-corrected chi connectivity index (χ1v) is 6.80. The minimum Gasteiger partial charge on any atom is -0.354 e. The Balaban J connectivity index is 2.43. The number of hydrogen-bond acceptors (Lipinski definition) is 3. The predicted octanol–water partition coefficient (Wildman–Crippen LogP) is 3.47. The molecule has 0 saturated heterocycles. The molecule has 2 aromatic rings. The lowest BCUT2D eigenvalue weighted by atomic mass is 10.2. The Hall–Kier alpha value is -1.35. The van der Waals surface area contributed by atoms with Crippen molar-refractivity contribution in [2.24, 2.45) is 0 Å². The van der Waals surface area contributed by atoms with Crippen LogP contribution in [-0.4, -0.2) is 28.4 Å². The van der Waals surface area contributed by atoms with Gasteiger partial charge in [0.25, 0.3) is 0 Å². The maximum Gasteiger partial charge on any atom is 0.140 e. The number of alkyl halides is 1. The van der Waals surface area contributed by atoms with E-state index in [-0.39, 0.29) is 0 Å². The minimum absolute atomic E-state index is 0.395. The Kier molecular flexibility index (Phi) is 4.37. The van der Waals surface area contributed by atoms with Gasteiger partial charge in [-0.05, 0) is 32.4 Å². The van der Waals surface area contributed by atoms with Crippen LogP contribution in [0.2, 0.25) is 0 Å². The summed E-state index contributed by atoms with van der Waals surface area (Å²) in [6.07, 6.45) is 2.59. The van der Waals surface area contributed by atoms with Crippen molar-refractivity contribution in [3.8, 4) is 0 Å². The first-order chi connectivity index (χ1) is 8.74. The highest BCUT2D eigenvalue weighted by Gasteiger charge is 2.14. The third-order valence-corrected chi connectivity index (χ3v) is 3.22. The van der Waals surface area contributed by atoms with Crippen LogP contribution in [0.3, 0.4) is 0 Å². The van der Waals surface area contributed by atoms with Crippen LogP contribution in [0.15, 0.2) is 30.6 Å². The Labute approximate surface area is 113 Å². The summed E-state index contributed by atoms with van der Waals surface area (Å²) in [6, 6.07) is 8.50. The van der Waals surface area contributed by atoms with E-state index >= 15 is 0 Å². The van der Waals surface area contributed by atoms with E-state index in [1.807, 2.05) is 18.2 Å². The zero-order valence-corrected chi connectivity index (χ0v) is 11.6. The molecule has 4 heteroatoms. The topological polar surface area (TPSA) is 29.0 Å². The van der Waals surface area contributed by atoms with Crippen LogP contribution in [0.25, 0.3) is 10.9 Å². The van der Waals surface area contributed by atoms with Gasteiger partial charge in [0.2, 0.25) is 0 Å². The van der Waals surface area contributed by atoms with Gasteiger partial charge in [0, 0.05) is 23.9 Å². The Morgan fingerprint density at radius 2 is 2.00 bits per heavy atom. The van der Waals surface area contributed by atoms with Crippen molar-refractivity contribution < 1.29 is 0 Å². The zero-order valence-electron chi connectivity index (χ0n) is 10.8. The van der Waals surface area contributed by atoms with Gasteiger partial charge in [-0.1, -0.05) is 12.1 Å². The van der Waals surface area contributed by atoms with E-state index in [1.54, 1.807) is 6.33 Å². The van der Waals surface area contributed by atoms with Gasteiger partial charge in [-0.3, -0.25) is 0 Å². The standard InChI is InChI=1S/C14H18ClN3/c1-11(2)18(9-5-8-15)14-12-6-3-4-7-13(12)16-10-17-14/h3-4,6-7,10-11H,5,8-9H2,1-2H3. The zero-order chi connectivity index (χ0) is 13.0. The van der Waals surface area contributed by atoms with Crippen LogP contribution in [0.4, 0.5) is 5.82 Å². The lowest BCUT2D eigenvalue weighted by Gasteiger charge is -2.28. The summed E-state index contributed by atoms with van der Waals surface area (Å²) >= 11 is 5.80. The molecule has 0 aliphatic heterocycles. The molecule has 96 valence electrons. The number of halogens is 1. The largest absolute Gasteiger partial charge is 0.354 e. The van der Waals surface area contributed by atoms with E-state index < -0.39 is 0 Å². The average molecular weight is 264 g/mol. The maximum absolute atomic E-state index is 5.80. The monoisotopic (exact) mass is 263 g/mol. The van der Waals surface area contributed by atoms with Gasteiger partial charge in [0.05, 0.1) is 5.52 Å². The smallest absolute Gasteiger partial charge is 0.140 e. The van der Waals surface area contributed by atoms with Gasteiger partial charge in [-0.2, -0.15) is 0 Å². The molecule has 2 rings (SSSR count). The molecule has 0 saturated carbocycles. The van der Waals surface area contributed by atoms with Crippen molar-refractivity contribution in [2.45, 2.75) is 26.3 Å². The molecule has 0 radical (unpaired) electrons. The van der Waals surface area contributed by atoms with E-state index in [9.17, 15) is 0 Å². The van der Waals surface area contributed by atoms with Crippen molar-refractivity contribution in [3.05, 3.63) is 30.6 Å². The summed E-state index contributed by atoms with van der Waals surface area (Å²) in [5.74, 6) is 1.67. The van der Waals surface area contributed by atoms with E-state index in [0.29, 0.717) is 11.9 Å².